The number of hydrogen-bond acceptors (Lipinski definition) is 2. The molecule has 1 radical (unpaired) electrons. The zero-order valence-corrected chi connectivity index (χ0v) is 4.41. The summed E-state index contributed by atoms with van der Waals surface area (Å²) in [5.74, 6) is 0. The molecule has 0 aromatic heterocycles. The van der Waals surface area contributed by atoms with Crippen LogP contribution in [0.2, 0.25) is 0 Å². The van der Waals surface area contributed by atoms with Crippen LogP contribution in [0.15, 0.2) is 34.9 Å². The van der Waals surface area contributed by atoms with E-state index in [2.05, 4.69) is 22.3 Å². The fourth-order valence-electron chi connectivity index (χ4n) is 0.443. The number of allylic oxidation sites excluding steroid dienone is 1. The molecule has 0 saturated heterocycles. The van der Waals surface area contributed by atoms with E-state index < -0.39 is 0 Å². The van der Waals surface area contributed by atoms with Crippen molar-refractivity contribution < 1.29 is 0 Å². The molecule has 0 aromatic carbocycles. The van der Waals surface area contributed by atoms with Crippen molar-refractivity contribution in [2.45, 2.75) is 6.42 Å². The number of nitrogens with zero attached hydrogens (tertiary/aromatic N) is 3. The second kappa shape index (κ2) is 2.26. The van der Waals surface area contributed by atoms with E-state index in [1.54, 1.807) is 12.3 Å². The Hall–Kier alpha value is -1.12. The van der Waals surface area contributed by atoms with E-state index in [0.29, 0.717) is 0 Å². The van der Waals surface area contributed by atoms with Gasteiger partial charge in [0, 0.05) is 6.42 Å². The molecule has 1 aliphatic heterocycles. The van der Waals surface area contributed by atoms with E-state index in [9.17, 15) is 0 Å². The van der Waals surface area contributed by atoms with Crippen molar-refractivity contribution in [1.29, 1.82) is 0 Å². The first-order chi connectivity index (χ1) is 3.93. The highest BCUT2D eigenvalue weighted by molar-refractivity contribution is 5.04. The Morgan fingerprint density at radius 1 is 1.75 bits per heavy atom. The smallest absolute Gasteiger partial charge is 0.0887 e. The van der Waals surface area contributed by atoms with Crippen LogP contribution < -0.4 is 5.43 Å². The molecule has 1 aliphatic rings. The first kappa shape index (κ1) is 5.03. The minimum atomic E-state index is 0.757. The average Bonchev–Trinajstić information content (AvgIpc) is 2.19. The third-order valence-electron chi connectivity index (χ3n) is 0.785. The van der Waals surface area contributed by atoms with Crippen LogP contribution in [0.25, 0.3) is 0 Å². The second-order valence-corrected chi connectivity index (χ2v) is 1.42. The lowest BCUT2D eigenvalue weighted by molar-refractivity contribution is 0.901. The van der Waals surface area contributed by atoms with E-state index in [1.807, 2.05) is 0 Å². The molecule has 3 heteroatoms. The van der Waals surface area contributed by atoms with Gasteiger partial charge in [-0.1, -0.05) is 6.08 Å². The fourth-order valence-corrected chi connectivity index (χ4v) is 0.443. The molecule has 8 heavy (non-hydrogen) atoms. The maximum absolute atomic E-state index is 3.67. The van der Waals surface area contributed by atoms with Gasteiger partial charge in [-0.25, -0.2) is 0 Å². The van der Waals surface area contributed by atoms with Crippen LogP contribution in [0.1, 0.15) is 6.42 Å². The van der Waals surface area contributed by atoms with Crippen molar-refractivity contribution in [3.63, 3.8) is 0 Å². The molecule has 0 unspecified atom stereocenters. The predicted molar refractivity (Wildman–Crippen MR) is 29.9 cm³/mol. The Balaban J connectivity index is 2.45. The van der Waals surface area contributed by atoms with Crippen molar-refractivity contribution in [2.24, 2.45) is 10.3 Å². The quantitative estimate of drug-likeness (QED) is 0.479. The van der Waals surface area contributed by atoms with E-state index >= 15 is 0 Å². The lowest BCUT2D eigenvalue weighted by Gasteiger charge is -1.81. The van der Waals surface area contributed by atoms with Crippen LogP contribution in [0.3, 0.4) is 0 Å². The van der Waals surface area contributed by atoms with Gasteiger partial charge in [-0.05, 0) is 5.22 Å². The highest BCUT2D eigenvalue weighted by Crippen LogP contribution is 2.07. The van der Waals surface area contributed by atoms with E-state index in [-0.39, 0.29) is 0 Å². The lowest BCUT2D eigenvalue weighted by atomic mass is 10.3. The summed E-state index contributed by atoms with van der Waals surface area (Å²) in [6.07, 6.45) is 4.15. The maximum Gasteiger partial charge on any atom is 0.0887 e. The van der Waals surface area contributed by atoms with Gasteiger partial charge in [0.05, 0.1) is 11.9 Å². The van der Waals surface area contributed by atoms with Crippen molar-refractivity contribution in [3.8, 4) is 0 Å². The summed E-state index contributed by atoms with van der Waals surface area (Å²) in [6, 6.07) is 0. The molecule has 0 aliphatic carbocycles. The summed E-state index contributed by atoms with van der Waals surface area (Å²) in [5, 5.41) is 7.07. The topological polar surface area (TPSA) is 38.8 Å². The standard InChI is InChI=1S/C5H6N3/c1-2-3-5-4-6-8-7-5/h2,4H,1,3H2. The second-order valence-electron chi connectivity index (χ2n) is 1.42. The molecule has 1 heterocycles. The summed E-state index contributed by atoms with van der Waals surface area (Å²) < 4.78 is 0. The Bertz CT molecular complexity index is 146. The third kappa shape index (κ3) is 0.932. The normalized spacial score (nSPS) is 15.2. The molecular formula is C5H6N3. The van der Waals surface area contributed by atoms with Crippen molar-refractivity contribution in [3.05, 3.63) is 24.6 Å². The van der Waals surface area contributed by atoms with Crippen LogP contribution in [-0.4, -0.2) is 0 Å². The van der Waals surface area contributed by atoms with Gasteiger partial charge in [0.15, 0.2) is 0 Å². The molecule has 41 valence electrons. The van der Waals surface area contributed by atoms with Gasteiger partial charge in [0.2, 0.25) is 0 Å². The van der Waals surface area contributed by atoms with Crippen LogP contribution in [0.5, 0.6) is 0 Å². The first-order valence-electron chi connectivity index (χ1n) is 2.34. The lowest BCUT2D eigenvalue weighted by Crippen LogP contribution is -1.73. The molecule has 0 aromatic rings. The van der Waals surface area contributed by atoms with Crippen LogP contribution in [0, 0.1) is 0 Å². The van der Waals surface area contributed by atoms with Gasteiger partial charge in [-0.3, -0.25) is 0 Å². The average molecular weight is 108 g/mol. The Labute approximate surface area is 47.8 Å². The van der Waals surface area contributed by atoms with Crippen molar-refractivity contribution in [1.82, 2.24) is 5.43 Å². The zero-order chi connectivity index (χ0) is 5.82. The summed E-state index contributed by atoms with van der Waals surface area (Å²) in [4.78, 5) is 0. The molecule has 3 nitrogen and oxygen atoms in total. The molecular weight excluding hydrogens is 102 g/mol. The Kier molecular flexibility index (Phi) is 1.42. The van der Waals surface area contributed by atoms with E-state index in [4.69, 9.17) is 0 Å². The van der Waals surface area contributed by atoms with Crippen molar-refractivity contribution >= 4 is 0 Å². The third-order valence-corrected chi connectivity index (χ3v) is 0.785. The van der Waals surface area contributed by atoms with E-state index in [0.717, 1.165) is 12.1 Å². The van der Waals surface area contributed by atoms with Gasteiger partial charge in [0.1, 0.15) is 0 Å². The molecule has 0 fully saturated rings. The molecule has 0 amide bonds. The molecule has 0 bridgehead atoms. The van der Waals surface area contributed by atoms with Gasteiger partial charge < -0.3 is 0 Å². The van der Waals surface area contributed by atoms with Crippen LogP contribution >= 0.6 is 0 Å². The molecule has 0 spiro atoms. The van der Waals surface area contributed by atoms with Crippen LogP contribution in [-0.2, 0) is 0 Å². The Morgan fingerprint density at radius 2 is 2.62 bits per heavy atom. The minimum absolute atomic E-state index is 0.757. The molecule has 0 atom stereocenters. The first-order valence-corrected chi connectivity index (χ1v) is 2.34. The largest absolute Gasteiger partial charge is 0.137 e. The van der Waals surface area contributed by atoms with Gasteiger partial charge in [-0.2, -0.15) is 0 Å². The zero-order valence-electron chi connectivity index (χ0n) is 4.41. The molecule has 0 N–H and O–H groups in total. The molecule has 1 rings (SSSR count). The van der Waals surface area contributed by atoms with Crippen LogP contribution in [0.4, 0.5) is 0 Å². The summed E-state index contributed by atoms with van der Waals surface area (Å²) >= 11 is 0. The van der Waals surface area contributed by atoms with E-state index in [1.165, 1.54) is 0 Å². The Morgan fingerprint density at radius 3 is 3.12 bits per heavy atom. The minimum Gasteiger partial charge on any atom is -0.137 e. The summed E-state index contributed by atoms with van der Waals surface area (Å²) in [5.41, 5.74) is 4.41. The molecule has 0 saturated carbocycles. The summed E-state index contributed by atoms with van der Waals surface area (Å²) in [6.45, 7) is 3.54. The van der Waals surface area contributed by atoms with Gasteiger partial charge >= 0.3 is 0 Å². The number of rotatable bonds is 2. The number of hydrogen-bond donors (Lipinski definition) is 0. The fraction of sp³-hybridized carbons (Fsp3) is 0.200. The van der Waals surface area contributed by atoms with Gasteiger partial charge in [0.25, 0.3) is 0 Å². The van der Waals surface area contributed by atoms with Gasteiger partial charge in [-0.15, -0.1) is 17.1 Å². The highest BCUT2D eigenvalue weighted by Gasteiger charge is 1.96. The summed E-state index contributed by atoms with van der Waals surface area (Å²) in [7, 11) is 0. The predicted octanol–water partition coefficient (Wildman–Crippen LogP) is 1.39. The monoisotopic (exact) mass is 108 g/mol. The highest BCUT2D eigenvalue weighted by atomic mass is 15.4. The van der Waals surface area contributed by atoms with Crippen molar-refractivity contribution in [2.75, 3.05) is 0 Å². The SMILES string of the molecule is C=CCC1=C[N]N=N1. The maximum atomic E-state index is 3.67.